The number of aliphatic hydroxyl groups is 1. The molecule has 0 saturated carbocycles. The van der Waals surface area contributed by atoms with Crippen LogP contribution in [0.3, 0.4) is 0 Å². The molecule has 1 aromatic carbocycles. The van der Waals surface area contributed by atoms with Crippen LogP contribution in [0.5, 0.6) is 5.75 Å². The Bertz CT molecular complexity index is 1060. The number of halogens is 4. The molecule has 9 nitrogen and oxygen atoms in total. The highest BCUT2D eigenvalue weighted by Gasteiger charge is 2.39. The zero-order valence-corrected chi connectivity index (χ0v) is 16.4. The third kappa shape index (κ3) is 4.83. The van der Waals surface area contributed by atoms with E-state index in [0.29, 0.717) is 19.2 Å². The Morgan fingerprint density at radius 2 is 2.03 bits per heavy atom. The molecule has 1 amide bonds. The number of alkyl halides is 3. The fraction of sp³-hybridized carbons (Fsp3) is 0.421. The molecule has 3 unspecified atom stereocenters. The molecule has 32 heavy (non-hydrogen) atoms. The predicted molar refractivity (Wildman–Crippen MR) is 101 cm³/mol. The van der Waals surface area contributed by atoms with Gasteiger partial charge in [0.25, 0.3) is 11.5 Å². The summed E-state index contributed by atoms with van der Waals surface area (Å²) < 4.78 is 60.0. The van der Waals surface area contributed by atoms with Gasteiger partial charge in [-0.15, -0.1) is 13.2 Å². The Morgan fingerprint density at radius 1 is 1.34 bits per heavy atom. The summed E-state index contributed by atoms with van der Waals surface area (Å²) in [5.74, 6) is -3.00. The van der Waals surface area contributed by atoms with E-state index in [2.05, 4.69) is 20.0 Å². The van der Waals surface area contributed by atoms with Gasteiger partial charge in [0.2, 0.25) is 5.95 Å². The highest BCUT2D eigenvalue weighted by molar-refractivity contribution is 5.92. The van der Waals surface area contributed by atoms with Crippen LogP contribution >= 0.6 is 0 Å². The van der Waals surface area contributed by atoms with Crippen LogP contribution in [0.25, 0.3) is 0 Å². The number of rotatable bonds is 6. The van der Waals surface area contributed by atoms with Crippen molar-refractivity contribution < 1.29 is 36.9 Å². The first kappa shape index (κ1) is 22.0. The summed E-state index contributed by atoms with van der Waals surface area (Å²) >= 11 is 0. The molecule has 0 spiro atoms. The number of aromatic nitrogens is 2. The minimum absolute atomic E-state index is 0.00814. The summed E-state index contributed by atoms with van der Waals surface area (Å²) in [5, 5.41) is 12.0. The minimum atomic E-state index is -5.07. The number of ether oxygens (including phenoxy) is 2. The lowest BCUT2D eigenvalue weighted by atomic mass is 9.99. The van der Waals surface area contributed by atoms with E-state index in [1.807, 2.05) is 0 Å². The molecule has 5 rings (SSSR count). The van der Waals surface area contributed by atoms with Gasteiger partial charge in [-0.3, -0.25) is 14.6 Å². The Labute approximate surface area is 178 Å². The fourth-order valence-corrected chi connectivity index (χ4v) is 3.65. The second kappa shape index (κ2) is 8.39. The number of amides is 1. The van der Waals surface area contributed by atoms with E-state index >= 15 is 0 Å². The average Bonchev–Trinajstić information content (AvgIpc) is 2.71. The molecule has 172 valence electrons. The maximum Gasteiger partial charge on any atom is 0.573 e. The van der Waals surface area contributed by atoms with Crippen molar-refractivity contribution in [2.24, 2.45) is 0 Å². The van der Waals surface area contributed by atoms with E-state index in [1.54, 1.807) is 4.90 Å². The van der Waals surface area contributed by atoms with Crippen molar-refractivity contribution in [3.63, 3.8) is 0 Å². The van der Waals surface area contributed by atoms with Gasteiger partial charge in [-0.25, -0.2) is 9.37 Å². The van der Waals surface area contributed by atoms with E-state index in [0.717, 1.165) is 24.6 Å². The quantitative estimate of drug-likeness (QED) is 0.558. The Balaban J connectivity index is 1.50. The summed E-state index contributed by atoms with van der Waals surface area (Å²) in [6.45, 7) is 0.332. The van der Waals surface area contributed by atoms with Gasteiger partial charge in [-0.2, -0.15) is 0 Å². The molecule has 0 radical (unpaired) electrons. The van der Waals surface area contributed by atoms with Crippen molar-refractivity contribution in [2.75, 3.05) is 24.6 Å². The van der Waals surface area contributed by atoms with Crippen LogP contribution < -0.4 is 20.5 Å². The maximum absolute atomic E-state index is 14.0. The lowest BCUT2D eigenvalue weighted by Gasteiger charge is -2.47. The molecule has 3 N–H and O–H groups in total. The third-order valence-electron chi connectivity index (χ3n) is 5.09. The van der Waals surface area contributed by atoms with Gasteiger partial charge in [0.15, 0.2) is 11.6 Å². The van der Waals surface area contributed by atoms with Crippen LogP contribution in [-0.4, -0.2) is 59.2 Å². The van der Waals surface area contributed by atoms with Crippen molar-refractivity contribution in [3.05, 3.63) is 51.7 Å². The monoisotopic (exact) mass is 458 g/mol. The van der Waals surface area contributed by atoms with Gasteiger partial charge in [0.05, 0.1) is 24.9 Å². The van der Waals surface area contributed by atoms with Gasteiger partial charge in [0, 0.05) is 25.6 Å². The molecule has 13 heteroatoms. The van der Waals surface area contributed by atoms with Gasteiger partial charge in [-0.05, 0) is 17.7 Å². The highest BCUT2D eigenvalue weighted by atomic mass is 19.4. The van der Waals surface area contributed by atoms with Crippen molar-refractivity contribution in [2.45, 2.75) is 31.0 Å². The number of hydrogen-bond acceptors (Lipinski definition) is 7. The number of carbonyl (C=O) groups is 1. The number of H-pyrrole nitrogens is 1. The largest absolute Gasteiger partial charge is 0.573 e. The van der Waals surface area contributed by atoms with Crippen LogP contribution in [-0.2, 0) is 4.74 Å². The predicted octanol–water partition coefficient (Wildman–Crippen LogP) is 1.25. The molecule has 3 saturated heterocycles. The van der Waals surface area contributed by atoms with Crippen LogP contribution in [0.1, 0.15) is 28.5 Å². The number of morpholine rings is 1. The molecular weight excluding hydrogens is 440 g/mol. The minimum Gasteiger partial charge on any atom is -0.403 e. The fourth-order valence-electron chi connectivity index (χ4n) is 3.65. The number of anilines is 1. The van der Waals surface area contributed by atoms with Gasteiger partial charge < -0.3 is 24.8 Å². The Kier molecular flexibility index (Phi) is 5.77. The number of nitrogens with one attached hydrogen (secondary N) is 2. The second-order valence-electron chi connectivity index (χ2n) is 7.42. The number of fused-ring (bicyclic) bond motifs is 2. The van der Waals surface area contributed by atoms with Gasteiger partial charge >= 0.3 is 6.36 Å². The van der Waals surface area contributed by atoms with E-state index in [1.165, 1.54) is 0 Å². The number of aromatic amines is 1. The number of benzene rings is 1. The van der Waals surface area contributed by atoms with E-state index < -0.39 is 42.0 Å². The number of hydrogen-bond donors (Lipinski definition) is 3. The third-order valence-corrected chi connectivity index (χ3v) is 5.09. The van der Waals surface area contributed by atoms with Crippen LogP contribution in [0.2, 0.25) is 0 Å². The Hall–Kier alpha value is -3.19. The molecule has 2 aromatic rings. The summed E-state index contributed by atoms with van der Waals surface area (Å²) in [6, 6.07) is 2.31. The first-order valence-electron chi connectivity index (χ1n) is 9.60. The number of aliphatic hydroxyl groups excluding tert-OH is 1. The first-order valence-corrected chi connectivity index (χ1v) is 9.60. The first-order chi connectivity index (χ1) is 15.1. The molecule has 0 aliphatic carbocycles. The smallest absolute Gasteiger partial charge is 0.403 e. The second-order valence-corrected chi connectivity index (χ2v) is 7.42. The standard InChI is InChI=1S/C19H18F4N4O5/c20-12-3-9(1-2-15(12)32-19(21,22)23)14(8-28)24-17(30)13-5-16(29)26-18(25-13)27-6-10-4-11(7-27)31-10/h1-3,5,10-11,14,28H,4,6-8H2,(H,24,30)(H,25,26,29). The lowest BCUT2D eigenvalue weighted by Crippen LogP contribution is -2.58. The van der Waals surface area contributed by atoms with Crippen molar-refractivity contribution in [3.8, 4) is 5.75 Å². The topological polar surface area (TPSA) is 117 Å². The molecular formula is C19H18F4N4O5. The van der Waals surface area contributed by atoms with Crippen molar-refractivity contribution in [1.29, 1.82) is 0 Å². The van der Waals surface area contributed by atoms with Crippen molar-refractivity contribution >= 4 is 11.9 Å². The zero-order chi connectivity index (χ0) is 23.0. The molecule has 2 bridgehead atoms. The van der Waals surface area contributed by atoms with Gasteiger partial charge in [-0.1, -0.05) is 6.07 Å². The zero-order valence-electron chi connectivity index (χ0n) is 16.4. The average molecular weight is 458 g/mol. The van der Waals surface area contributed by atoms with E-state index in [4.69, 9.17) is 4.74 Å². The Morgan fingerprint density at radius 3 is 2.62 bits per heavy atom. The van der Waals surface area contributed by atoms with E-state index in [9.17, 15) is 32.3 Å². The molecule has 3 fully saturated rings. The van der Waals surface area contributed by atoms with Gasteiger partial charge in [0.1, 0.15) is 5.69 Å². The summed E-state index contributed by atoms with van der Waals surface area (Å²) in [5.41, 5.74) is -0.813. The van der Waals surface area contributed by atoms with Crippen LogP contribution in [0.15, 0.2) is 29.1 Å². The number of piperidine rings is 1. The highest BCUT2D eigenvalue weighted by Crippen LogP contribution is 2.30. The summed E-state index contributed by atoms with van der Waals surface area (Å²) in [4.78, 5) is 33.2. The SMILES string of the molecule is O=C(NC(CO)c1ccc(OC(F)(F)F)c(F)c1)c1cc(=O)[nH]c(N2CC3CC(C2)O3)n1. The molecule has 1 aromatic heterocycles. The molecule has 3 aliphatic rings. The lowest BCUT2D eigenvalue weighted by molar-refractivity contribution is -0.275. The molecule has 3 aliphatic heterocycles. The maximum atomic E-state index is 14.0. The summed E-state index contributed by atoms with van der Waals surface area (Å²) in [7, 11) is 0. The normalized spacial score (nSPS) is 21.0. The molecule has 4 heterocycles. The van der Waals surface area contributed by atoms with Crippen LogP contribution in [0, 0.1) is 5.82 Å². The number of carbonyl (C=O) groups excluding carboxylic acids is 1. The van der Waals surface area contributed by atoms with Crippen molar-refractivity contribution in [1.82, 2.24) is 15.3 Å². The van der Waals surface area contributed by atoms with E-state index in [-0.39, 0.29) is 29.4 Å². The molecule has 3 atom stereocenters. The van der Waals surface area contributed by atoms with Crippen LogP contribution in [0.4, 0.5) is 23.5 Å². The number of nitrogens with zero attached hydrogens (tertiary/aromatic N) is 2. The summed E-state index contributed by atoms with van der Waals surface area (Å²) in [6.07, 6.45) is -4.08.